The molecule has 0 aromatic carbocycles. The van der Waals surface area contributed by atoms with E-state index in [1.54, 1.807) is 0 Å². The van der Waals surface area contributed by atoms with E-state index >= 15 is 0 Å². The van der Waals surface area contributed by atoms with Crippen LogP contribution in [0.1, 0.15) is 19.3 Å². The van der Waals surface area contributed by atoms with E-state index in [2.05, 4.69) is 4.74 Å². The van der Waals surface area contributed by atoms with Crippen molar-refractivity contribution in [2.75, 3.05) is 31.8 Å². The number of piperidine rings is 1. The number of carbonyl (C=O) groups is 1. The van der Waals surface area contributed by atoms with E-state index in [0.29, 0.717) is 38.2 Å². The van der Waals surface area contributed by atoms with Crippen LogP contribution in [0.4, 0.5) is 0 Å². The van der Waals surface area contributed by atoms with Crippen molar-refractivity contribution in [2.24, 2.45) is 5.92 Å². The maximum atomic E-state index is 11.8. The van der Waals surface area contributed by atoms with Crippen molar-refractivity contribution >= 4 is 27.6 Å². The number of carbonyl (C=O) groups excluding carboxylic acids is 1. The lowest BCUT2D eigenvalue weighted by Crippen LogP contribution is -2.41. The van der Waals surface area contributed by atoms with Crippen LogP contribution < -0.4 is 0 Å². The standard InChI is InChI=1S/C10H18ClNO4S/c1-16-10(13)9-3-6-12(7-4-9)17(14,15)8-2-5-11/h9H,2-8H2,1H3. The van der Waals surface area contributed by atoms with Crippen LogP contribution in [-0.4, -0.2) is 50.5 Å². The Hall–Kier alpha value is -0.330. The van der Waals surface area contributed by atoms with Gasteiger partial charge in [-0.1, -0.05) is 0 Å². The minimum absolute atomic E-state index is 0.0827. The fraction of sp³-hybridized carbons (Fsp3) is 0.900. The van der Waals surface area contributed by atoms with Gasteiger partial charge < -0.3 is 4.74 Å². The molecule has 0 aromatic heterocycles. The minimum atomic E-state index is -3.20. The molecule has 0 radical (unpaired) electrons. The van der Waals surface area contributed by atoms with Crippen molar-refractivity contribution in [3.63, 3.8) is 0 Å². The summed E-state index contributed by atoms with van der Waals surface area (Å²) in [5.74, 6) is 0.0133. The van der Waals surface area contributed by atoms with Gasteiger partial charge >= 0.3 is 5.97 Å². The number of nitrogens with zero attached hydrogens (tertiary/aromatic N) is 1. The second-order valence-electron chi connectivity index (χ2n) is 4.06. The average molecular weight is 284 g/mol. The Bertz CT molecular complexity index is 349. The first-order valence-electron chi connectivity index (χ1n) is 5.63. The minimum Gasteiger partial charge on any atom is -0.469 e. The van der Waals surface area contributed by atoms with Crippen molar-refractivity contribution in [2.45, 2.75) is 19.3 Å². The van der Waals surface area contributed by atoms with Gasteiger partial charge in [-0.25, -0.2) is 12.7 Å². The lowest BCUT2D eigenvalue weighted by atomic mass is 9.99. The molecule has 100 valence electrons. The highest BCUT2D eigenvalue weighted by molar-refractivity contribution is 7.89. The summed E-state index contributed by atoms with van der Waals surface area (Å²) in [6, 6.07) is 0. The maximum Gasteiger partial charge on any atom is 0.308 e. The molecule has 0 aliphatic carbocycles. The molecule has 0 unspecified atom stereocenters. The number of alkyl halides is 1. The van der Waals surface area contributed by atoms with E-state index in [0.717, 1.165) is 0 Å². The normalized spacial score (nSPS) is 19.2. The molecule has 0 amide bonds. The number of methoxy groups -OCH3 is 1. The number of esters is 1. The Balaban J connectivity index is 2.49. The van der Waals surface area contributed by atoms with E-state index in [1.807, 2.05) is 0 Å². The quantitative estimate of drug-likeness (QED) is 0.554. The summed E-state index contributed by atoms with van der Waals surface area (Å²) in [6.45, 7) is 0.786. The van der Waals surface area contributed by atoms with Gasteiger partial charge in [-0.15, -0.1) is 11.6 Å². The van der Waals surface area contributed by atoms with E-state index in [9.17, 15) is 13.2 Å². The van der Waals surface area contributed by atoms with Gasteiger partial charge in [0, 0.05) is 19.0 Å². The number of hydrogen-bond donors (Lipinski definition) is 0. The number of sulfonamides is 1. The van der Waals surface area contributed by atoms with Crippen molar-refractivity contribution in [1.82, 2.24) is 4.31 Å². The van der Waals surface area contributed by atoms with Crippen LogP contribution in [0.25, 0.3) is 0 Å². The smallest absolute Gasteiger partial charge is 0.308 e. The van der Waals surface area contributed by atoms with E-state index < -0.39 is 10.0 Å². The first-order chi connectivity index (χ1) is 8.01. The molecule has 1 aliphatic rings. The SMILES string of the molecule is COC(=O)C1CCN(S(=O)(=O)CCCCl)CC1. The Labute approximate surface area is 107 Å². The molecule has 0 atom stereocenters. The van der Waals surface area contributed by atoms with Gasteiger partial charge in [0.05, 0.1) is 18.8 Å². The second kappa shape index (κ2) is 6.56. The van der Waals surface area contributed by atoms with Crippen LogP contribution in [0.2, 0.25) is 0 Å². The largest absolute Gasteiger partial charge is 0.469 e. The molecule has 1 heterocycles. The van der Waals surface area contributed by atoms with Crippen LogP contribution in [0, 0.1) is 5.92 Å². The third-order valence-electron chi connectivity index (χ3n) is 2.92. The lowest BCUT2D eigenvalue weighted by molar-refractivity contribution is -0.146. The first-order valence-corrected chi connectivity index (χ1v) is 7.77. The molecular formula is C10H18ClNO4S. The van der Waals surface area contributed by atoms with Crippen LogP contribution in [0.3, 0.4) is 0 Å². The molecule has 0 N–H and O–H groups in total. The van der Waals surface area contributed by atoms with Crippen LogP contribution in [-0.2, 0) is 19.6 Å². The van der Waals surface area contributed by atoms with Crippen LogP contribution in [0.15, 0.2) is 0 Å². The molecule has 1 aliphatic heterocycles. The Kier molecular flexibility index (Phi) is 5.69. The van der Waals surface area contributed by atoms with Gasteiger partial charge in [-0.05, 0) is 19.3 Å². The predicted octanol–water partition coefficient (Wildman–Crippen LogP) is 0.830. The van der Waals surface area contributed by atoms with Gasteiger partial charge in [-0.2, -0.15) is 0 Å². The zero-order valence-electron chi connectivity index (χ0n) is 9.89. The third-order valence-corrected chi connectivity index (χ3v) is 5.14. The van der Waals surface area contributed by atoms with Gasteiger partial charge in [-0.3, -0.25) is 4.79 Å². The molecule has 17 heavy (non-hydrogen) atoms. The predicted molar refractivity (Wildman–Crippen MR) is 65.4 cm³/mol. The molecule has 1 rings (SSSR count). The molecule has 5 nitrogen and oxygen atoms in total. The topological polar surface area (TPSA) is 63.7 Å². The van der Waals surface area contributed by atoms with Crippen molar-refractivity contribution < 1.29 is 17.9 Å². The Morgan fingerprint density at radius 2 is 2.00 bits per heavy atom. The zero-order valence-corrected chi connectivity index (χ0v) is 11.5. The van der Waals surface area contributed by atoms with Crippen molar-refractivity contribution in [3.8, 4) is 0 Å². The Morgan fingerprint density at radius 3 is 2.47 bits per heavy atom. The van der Waals surface area contributed by atoms with Gasteiger partial charge in [0.25, 0.3) is 0 Å². The second-order valence-corrected chi connectivity index (χ2v) is 6.52. The molecule has 1 fully saturated rings. The van der Waals surface area contributed by atoms with Gasteiger partial charge in [0.15, 0.2) is 0 Å². The molecule has 0 aromatic rings. The molecule has 1 saturated heterocycles. The fourth-order valence-electron chi connectivity index (χ4n) is 1.90. The third kappa shape index (κ3) is 4.12. The monoisotopic (exact) mass is 283 g/mol. The fourth-order valence-corrected chi connectivity index (χ4v) is 3.73. The number of ether oxygens (including phenoxy) is 1. The molecule has 0 saturated carbocycles. The molecular weight excluding hydrogens is 266 g/mol. The summed E-state index contributed by atoms with van der Waals surface area (Å²) in [4.78, 5) is 11.3. The summed E-state index contributed by atoms with van der Waals surface area (Å²) >= 11 is 5.49. The number of halogens is 1. The summed E-state index contributed by atoms with van der Waals surface area (Å²) < 4.78 is 29.8. The van der Waals surface area contributed by atoms with Crippen LogP contribution >= 0.6 is 11.6 Å². The highest BCUT2D eigenvalue weighted by Crippen LogP contribution is 2.21. The summed E-state index contributed by atoms with van der Waals surface area (Å²) in [6.07, 6.45) is 1.53. The van der Waals surface area contributed by atoms with Crippen molar-refractivity contribution in [3.05, 3.63) is 0 Å². The van der Waals surface area contributed by atoms with Gasteiger partial charge in [0.1, 0.15) is 0 Å². The summed E-state index contributed by atoms with van der Waals surface area (Å²) in [7, 11) is -1.85. The van der Waals surface area contributed by atoms with E-state index in [-0.39, 0.29) is 17.6 Å². The zero-order chi connectivity index (χ0) is 12.9. The van der Waals surface area contributed by atoms with E-state index in [4.69, 9.17) is 11.6 Å². The molecule has 0 bridgehead atoms. The van der Waals surface area contributed by atoms with Crippen LogP contribution in [0.5, 0.6) is 0 Å². The Morgan fingerprint density at radius 1 is 1.41 bits per heavy atom. The van der Waals surface area contributed by atoms with Crippen molar-refractivity contribution in [1.29, 1.82) is 0 Å². The summed E-state index contributed by atoms with van der Waals surface area (Å²) in [5.41, 5.74) is 0. The highest BCUT2D eigenvalue weighted by atomic mass is 35.5. The lowest BCUT2D eigenvalue weighted by Gasteiger charge is -2.29. The average Bonchev–Trinajstić information content (AvgIpc) is 2.35. The molecule has 0 spiro atoms. The number of hydrogen-bond acceptors (Lipinski definition) is 4. The van der Waals surface area contributed by atoms with E-state index in [1.165, 1.54) is 11.4 Å². The maximum absolute atomic E-state index is 11.8. The highest BCUT2D eigenvalue weighted by Gasteiger charge is 2.30. The summed E-state index contributed by atoms with van der Waals surface area (Å²) in [5, 5.41) is 0. The molecule has 7 heteroatoms. The van der Waals surface area contributed by atoms with Gasteiger partial charge in [0.2, 0.25) is 10.0 Å². The number of rotatable bonds is 5. The first kappa shape index (κ1) is 14.7.